The van der Waals surface area contributed by atoms with Crippen LogP contribution in [0.25, 0.3) is 0 Å². The number of piperidine rings is 1. The summed E-state index contributed by atoms with van der Waals surface area (Å²) in [6, 6.07) is 15.1. The van der Waals surface area contributed by atoms with E-state index in [1.54, 1.807) is 6.20 Å². The normalized spacial score (nSPS) is 22.6. The number of aromatic nitrogens is 1. The van der Waals surface area contributed by atoms with Crippen molar-refractivity contribution in [3.8, 4) is 0 Å². The number of benzene rings is 1. The third-order valence-electron chi connectivity index (χ3n) is 6.80. The molecular formula is C26H34N2O7. The van der Waals surface area contributed by atoms with Crippen LogP contribution in [0.4, 0.5) is 0 Å². The number of nitrogens with zero attached hydrogens (tertiary/aromatic N) is 2. The van der Waals surface area contributed by atoms with Gasteiger partial charge in [0.1, 0.15) is 0 Å². The van der Waals surface area contributed by atoms with Gasteiger partial charge in [0.25, 0.3) is 0 Å². The topological polar surface area (TPSA) is 151 Å². The first-order valence-electron chi connectivity index (χ1n) is 12.0. The molecule has 1 aromatic carbocycles. The molecule has 4 rings (SSSR count). The van der Waals surface area contributed by atoms with Crippen LogP contribution in [0.2, 0.25) is 0 Å². The van der Waals surface area contributed by atoms with Gasteiger partial charge in [-0.05, 0) is 74.2 Å². The Morgan fingerprint density at radius 1 is 0.943 bits per heavy atom. The van der Waals surface area contributed by atoms with Crippen molar-refractivity contribution >= 4 is 11.9 Å². The number of fused-ring (bicyclic) bond motifs is 1. The van der Waals surface area contributed by atoms with Gasteiger partial charge in [0.2, 0.25) is 0 Å². The number of aliphatic hydroxyl groups excluding tert-OH is 3. The second-order valence-electron chi connectivity index (χ2n) is 9.26. The number of aryl methyl sites for hydroxylation is 1. The number of likely N-dealkylation sites (tertiary alicyclic amines) is 1. The van der Waals surface area contributed by atoms with Crippen LogP contribution in [-0.4, -0.2) is 79.2 Å². The highest BCUT2D eigenvalue weighted by atomic mass is 16.4. The molecule has 1 aliphatic heterocycles. The van der Waals surface area contributed by atoms with E-state index in [9.17, 15) is 14.7 Å². The molecule has 1 saturated heterocycles. The third kappa shape index (κ3) is 7.57. The van der Waals surface area contributed by atoms with E-state index in [0.29, 0.717) is 11.8 Å². The summed E-state index contributed by atoms with van der Waals surface area (Å²) in [6.07, 6.45) is 2.43. The van der Waals surface area contributed by atoms with Crippen LogP contribution in [0.15, 0.2) is 48.7 Å². The number of aliphatic carboxylic acids is 2. The van der Waals surface area contributed by atoms with Crippen molar-refractivity contribution in [3.05, 3.63) is 65.5 Å². The Hall–Kier alpha value is -2.85. The zero-order valence-corrected chi connectivity index (χ0v) is 19.6. The summed E-state index contributed by atoms with van der Waals surface area (Å²) in [5.74, 6) is -2.26. The molecule has 190 valence electrons. The fraction of sp³-hybridized carbons (Fsp3) is 0.500. The van der Waals surface area contributed by atoms with Crippen molar-refractivity contribution in [1.29, 1.82) is 0 Å². The maximum atomic E-state index is 10.6. The third-order valence-corrected chi connectivity index (χ3v) is 6.80. The molecule has 1 aromatic heterocycles. The van der Waals surface area contributed by atoms with Gasteiger partial charge >= 0.3 is 11.9 Å². The lowest BCUT2D eigenvalue weighted by molar-refractivity contribution is -0.165. The summed E-state index contributed by atoms with van der Waals surface area (Å²) >= 11 is 0. The van der Waals surface area contributed by atoms with Gasteiger partial charge in [0.05, 0.1) is 11.8 Å². The first-order chi connectivity index (χ1) is 16.8. The fourth-order valence-electron chi connectivity index (χ4n) is 4.84. The Morgan fingerprint density at radius 3 is 2.17 bits per heavy atom. The van der Waals surface area contributed by atoms with Crippen molar-refractivity contribution in [3.63, 3.8) is 0 Å². The molecule has 2 aliphatic rings. The van der Waals surface area contributed by atoms with E-state index >= 15 is 0 Å². The molecule has 1 fully saturated rings. The van der Waals surface area contributed by atoms with Gasteiger partial charge in [-0.1, -0.05) is 36.4 Å². The Labute approximate surface area is 204 Å². The molecule has 0 radical (unpaired) electrons. The minimum atomic E-state index is -2.27. The van der Waals surface area contributed by atoms with Gasteiger partial charge < -0.3 is 30.4 Å². The predicted molar refractivity (Wildman–Crippen MR) is 128 cm³/mol. The van der Waals surface area contributed by atoms with Gasteiger partial charge in [-0.2, -0.15) is 0 Å². The summed E-state index contributed by atoms with van der Waals surface area (Å²) < 4.78 is 0. The van der Waals surface area contributed by atoms with Crippen molar-refractivity contribution in [2.45, 2.75) is 56.3 Å². The van der Waals surface area contributed by atoms with E-state index in [1.165, 1.54) is 37.1 Å². The number of rotatable bonds is 6. The number of carbonyl (C=O) groups is 2. The number of carboxylic acid groups (broad SMARTS) is 2. The molecule has 1 aliphatic carbocycles. The SMILES string of the molecule is O=C(O)[C@H](O)[C@@H](O)C(=O)O.O[C@H]1C[C@H](CN2CCC(c3ccccc3)CC2)CCc2cccnc21. The summed E-state index contributed by atoms with van der Waals surface area (Å²) in [5.41, 5.74) is 3.64. The molecule has 0 amide bonds. The average Bonchev–Trinajstić information content (AvgIpc) is 3.03. The van der Waals surface area contributed by atoms with Crippen molar-refractivity contribution < 1.29 is 35.1 Å². The standard InChI is InChI=1S/C22H28N2O.C4H6O6/c25-21-15-17(8-9-20-7-4-12-23-22(20)21)16-24-13-10-19(11-14-24)18-5-2-1-3-6-18;5-1(3(7)8)2(6)4(9)10/h1-7,12,17,19,21,25H,8-11,13-16H2;1-2,5-6H,(H,7,8)(H,9,10)/t17-,21+;1-,2-/m11/s1. The smallest absolute Gasteiger partial charge is 0.335 e. The molecule has 9 nitrogen and oxygen atoms in total. The molecule has 0 spiro atoms. The monoisotopic (exact) mass is 486 g/mol. The Kier molecular flexibility index (Phi) is 9.73. The van der Waals surface area contributed by atoms with E-state index < -0.39 is 30.3 Å². The minimum Gasteiger partial charge on any atom is -0.479 e. The summed E-state index contributed by atoms with van der Waals surface area (Å²) in [4.78, 5) is 26.6. The predicted octanol–water partition coefficient (Wildman–Crippen LogP) is 1.82. The lowest BCUT2D eigenvalue weighted by Gasteiger charge is -2.34. The lowest BCUT2D eigenvalue weighted by Crippen LogP contribution is -2.39. The van der Waals surface area contributed by atoms with Gasteiger partial charge in [-0.25, -0.2) is 9.59 Å². The molecule has 0 bridgehead atoms. The van der Waals surface area contributed by atoms with Gasteiger partial charge in [-0.15, -0.1) is 0 Å². The zero-order valence-electron chi connectivity index (χ0n) is 19.6. The molecule has 5 N–H and O–H groups in total. The Morgan fingerprint density at radius 2 is 1.57 bits per heavy atom. The summed E-state index contributed by atoms with van der Waals surface area (Å²) in [6.45, 7) is 3.47. The van der Waals surface area contributed by atoms with Crippen LogP contribution in [-0.2, 0) is 16.0 Å². The van der Waals surface area contributed by atoms with Crippen LogP contribution >= 0.6 is 0 Å². The number of hydrogen-bond donors (Lipinski definition) is 5. The van der Waals surface area contributed by atoms with Crippen molar-refractivity contribution in [2.75, 3.05) is 19.6 Å². The number of hydrogen-bond acceptors (Lipinski definition) is 7. The van der Waals surface area contributed by atoms with Crippen LogP contribution < -0.4 is 0 Å². The molecule has 9 heteroatoms. The maximum absolute atomic E-state index is 10.6. The highest BCUT2D eigenvalue weighted by molar-refractivity contribution is 5.83. The van der Waals surface area contributed by atoms with E-state index in [2.05, 4.69) is 46.3 Å². The Balaban J connectivity index is 0.000000292. The second-order valence-corrected chi connectivity index (χ2v) is 9.26. The van der Waals surface area contributed by atoms with Gasteiger partial charge in [0, 0.05) is 12.7 Å². The quantitative estimate of drug-likeness (QED) is 0.385. The van der Waals surface area contributed by atoms with Crippen LogP contribution in [0.3, 0.4) is 0 Å². The molecule has 0 saturated carbocycles. The van der Waals surface area contributed by atoms with Crippen LogP contribution in [0.1, 0.15) is 54.5 Å². The van der Waals surface area contributed by atoms with Gasteiger partial charge in [-0.3, -0.25) is 4.98 Å². The van der Waals surface area contributed by atoms with Crippen LogP contribution in [0, 0.1) is 5.92 Å². The largest absolute Gasteiger partial charge is 0.479 e. The van der Waals surface area contributed by atoms with Crippen molar-refractivity contribution in [1.82, 2.24) is 9.88 Å². The minimum absolute atomic E-state index is 0.398. The van der Waals surface area contributed by atoms with Crippen molar-refractivity contribution in [2.24, 2.45) is 5.92 Å². The highest BCUT2D eigenvalue weighted by Crippen LogP contribution is 2.33. The zero-order chi connectivity index (χ0) is 25.4. The number of pyridine rings is 1. The first kappa shape index (κ1) is 26.7. The average molecular weight is 487 g/mol. The van der Waals surface area contributed by atoms with Gasteiger partial charge in [0.15, 0.2) is 12.2 Å². The lowest BCUT2D eigenvalue weighted by atomic mass is 9.88. The maximum Gasteiger partial charge on any atom is 0.335 e. The molecule has 2 heterocycles. The molecule has 2 aromatic rings. The van der Waals surface area contributed by atoms with E-state index in [0.717, 1.165) is 31.5 Å². The fourth-order valence-corrected chi connectivity index (χ4v) is 4.84. The molecule has 35 heavy (non-hydrogen) atoms. The Bertz CT molecular complexity index is 945. The molecule has 0 unspecified atom stereocenters. The molecule has 4 atom stereocenters. The second kappa shape index (κ2) is 12.7. The summed E-state index contributed by atoms with van der Waals surface area (Å²) in [7, 11) is 0. The van der Waals surface area contributed by atoms with E-state index in [1.807, 2.05) is 6.07 Å². The van der Waals surface area contributed by atoms with E-state index in [4.69, 9.17) is 20.4 Å². The van der Waals surface area contributed by atoms with E-state index in [-0.39, 0.29) is 0 Å². The summed E-state index contributed by atoms with van der Waals surface area (Å²) in [5, 5.41) is 43.1. The number of carboxylic acids is 2. The highest BCUT2D eigenvalue weighted by Gasteiger charge is 2.29. The first-order valence-corrected chi connectivity index (χ1v) is 12.0. The molecular weight excluding hydrogens is 452 g/mol. The number of aliphatic hydroxyl groups is 3. The van der Waals surface area contributed by atoms with Crippen LogP contribution in [0.5, 0.6) is 0 Å².